The summed E-state index contributed by atoms with van der Waals surface area (Å²) in [5.41, 5.74) is 0. The highest BCUT2D eigenvalue weighted by atomic mass is 16.5. The molecule has 0 saturated carbocycles. The zero-order valence-electron chi connectivity index (χ0n) is 12.8. The Hall–Kier alpha value is -1.14. The molecule has 6 heteroatoms. The molecule has 0 spiro atoms. The number of amides is 1. The fourth-order valence-corrected chi connectivity index (χ4v) is 2.97. The lowest BCUT2D eigenvalue weighted by molar-refractivity contribution is -0.150. The van der Waals surface area contributed by atoms with Crippen molar-refractivity contribution in [3.05, 3.63) is 0 Å². The molecule has 0 aromatic carbocycles. The molecule has 2 aliphatic heterocycles. The molecule has 0 unspecified atom stereocenters. The van der Waals surface area contributed by atoms with Gasteiger partial charge in [-0.25, -0.2) is 0 Å². The first-order chi connectivity index (χ1) is 10.2. The molecule has 2 rings (SSSR count). The van der Waals surface area contributed by atoms with Crippen molar-refractivity contribution in [2.75, 3.05) is 39.5 Å². The third-order valence-electron chi connectivity index (χ3n) is 4.08. The molecule has 21 heavy (non-hydrogen) atoms. The molecule has 6 nitrogen and oxygen atoms in total. The van der Waals surface area contributed by atoms with Crippen molar-refractivity contribution >= 4 is 11.9 Å². The monoisotopic (exact) mass is 298 g/mol. The van der Waals surface area contributed by atoms with E-state index in [0.29, 0.717) is 19.7 Å². The normalized spacial score (nSPS) is 24.5. The average molecular weight is 298 g/mol. The minimum absolute atomic E-state index is 0.0476. The highest BCUT2D eigenvalue weighted by molar-refractivity contribution is 5.78. The predicted molar refractivity (Wildman–Crippen MR) is 77.8 cm³/mol. The van der Waals surface area contributed by atoms with Crippen molar-refractivity contribution in [2.24, 2.45) is 5.92 Å². The third kappa shape index (κ3) is 5.28. The lowest BCUT2D eigenvalue weighted by atomic mass is 9.98. The number of nitrogens with zero attached hydrogens (tertiary/aromatic N) is 1. The summed E-state index contributed by atoms with van der Waals surface area (Å²) in [7, 11) is 0. The van der Waals surface area contributed by atoms with E-state index in [2.05, 4.69) is 10.2 Å². The Bertz CT molecular complexity index is 356. The molecule has 2 aliphatic rings. The van der Waals surface area contributed by atoms with Crippen molar-refractivity contribution in [1.29, 1.82) is 0 Å². The maximum Gasteiger partial charge on any atom is 0.310 e. The molecule has 1 amide bonds. The van der Waals surface area contributed by atoms with E-state index in [-0.39, 0.29) is 23.8 Å². The van der Waals surface area contributed by atoms with E-state index in [0.717, 1.165) is 45.4 Å². The molecular weight excluding hydrogens is 272 g/mol. The lowest BCUT2D eigenvalue weighted by Crippen LogP contribution is -2.47. The van der Waals surface area contributed by atoms with Crippen molar-refractivity contribution in [1.82, 2.24) is 10.2 Å². The number of carbonyl (C=O) groups excluding carboxylic acids is 2. The fourth-order valence-electron chi connectivity index (χ4n) is 2.97. The summed E-state index contributed by atoms with van der Waals surface area (Å²) in [6, 6.07) is 0.233. The molecule has 0 aliphatic carbocycles. The van der Waals surface area contributed by atoms with Crippen LogP contribution < -0.4 is 5.32 Å². The van der Waals surface area contributed by atoms with Crippen LogP contribution in [0.25, 0.3) is 0 Å². The highest BCUT2D eigenvalue weighted by Gasteiger charge is 2.28. The van der Waals surface area contributed by atoms with Gasteiger partial charge in [-0.05, 0) is 39.2 Å². The van der Waals surface area contributed by atoms with Crippen molar-refractivity contribution in [2.45, 2.75) is 38.6 Å². The largest absolute Gasteiger partial charge is 0.466 e. The molecule has 0 aromatic rings. The van der Waals surface area contributed by atoms with Gasteiger partial charge in [0.25, 0.3) is 0 Å². The molecule has 0 bridgehead atoms. The summed E-state index contributed by atoms with van der Waals surface area (Å²) in [6.07, 6.45) is 3.57. The Labute approximate surface area is 126 Å². The van der Waals surface area contributed by atoms with E-state index >= 15 is 0 Å². The molecule has 0 aromatic heterocycles. The second-order valence-electron chi connectivity index (χ2n) is 5.78. The van der Waals surface area contributed by atoms with Gasteiger partial charge in [-0.3, -0.25) is 14.5 Å². The van der Waals surface area contributed by atoms with Gasteiger partial charge in [-0.15, -0.1) is 0 Å². The van der Waals surface area contributed by atoms with E-state index in [1.807, 2.05) is 6.92 Å². The van der Waals surface area contributed by atoms with E-state index in [1.54, 1.807) is 0 Å². The van der Waals surface area contributed by atoms with E-state index in [9.17, 15) is 9.59 Å². The SMILES string of the molecule is CCOC(=O)[C@H]1CCCN(CC(=O)NC2CCOCC2)C1. The maximum absolute atomic E-state index is 12.1. The van der Waals surface area contributed by atoms with Gasteiger partial charge in [0.1, 0.15) is 0 Å². The van der Waals surface area contributed by atoms with Crippen LogP contribution in [0, 0.1) is 5.92 Å². The Balaban J connectivity index is 1.73. The molecule has 1 atom stereocenters. The summed E-state index contributed by atoms with van der Waals surface area (Å²) in [4.78, 5) is 25.9. The number of likely N-dealkylation sites (tertiary alicyclic amines) is 1. The smallest absolute Gasteiger partial charge is 0.310 e. The minimum atomic E-state index is -0.132. The van der Waals surface area contributed by atoms with Crippen LogP contribution in [0.5, 0.6) is 0 Å². The van der Waals surface area contributed by atoms with E-state index < -0.39 is 0 Å². The lowest BCUT2D eigenvalue weighted by Gasteiger charge is -2.31. The first kappa shape index (κ1) is 16.2. The molecular formula is C15H26N2O4. The zero-order chi connectivity index (χ0) is 15.1. The quantitative estimate of drug-likeness (QED) is 0.751. The van der Waals surface area contributed by atoms with Gasteiger partial charge in [-0.2, -0.15) is 0 Å². The number of esters is 1. The number of piperidine rings is 1. The standard InChI is InChI=1S/C15H26N2O4/c1-2-21-15(19)12-4-3-7-17(10-12)11-14(18)16-13-5-8-20-9-6-13/h12-13H,2-11H2,1H3,(H,16,18)/t12-/m0/s1. The fraction of sp³-hybridized carbons (Fsp3) is 0.867. The van der Waals surface area contributed by atoms with E-state index in [1.165, 1.54) is 0 Å². The second kappa shape index (κ2) is 8.34. The van der Waals surface area contributed by atoms with E-state index in [4.69, 9.17) is 9.47 Å². The van der Waals surface area contributed by atoms with Gasteiger partial charge in [0, 0.05) is 25.8 Å². The molecule has 2 fully saturated rings. The summed E-state index contributed by atoms with van der Waals surface area (Å²) in [6.45, 7) is 5.54. The van der Waals surface area contributed by atoms with Gasteiger partial charge in [0.15, 0.2) is 0 Å². The van der Waals surface area contributed by atoms with Crippen LogP contribution in [-0.4, -0.2) is 62.3 Å². The molecule has 0 radical (unpaired) electrons. The van der Waals surface area contributed by atoms with Gasteiger partial charge < -0.3 is 14.8 Å². The third-order valence-corrected chi connectivity index (χ3v) is 4.08. The first-order valence-corrected chi connectivity index (χ1v) is 7.95. The average Bonchev–Trinajstić information content (AvgIpc) is 2.48. The Morgan fingerprint density at radius 2 is 2.05 bits per heavy atom. The number of hydrogen-bond donors (Lipinski definition) is 1. The number of ether oxygens (including phenoxy) is 2. The molecule has 1 N–H and O–H groups in total. The van der Waals surface area contributed by atoms with Gasteiger partial charge in [0.2, 0.25) is 5.91 Å². The van der Waals surface area contributed by atoms with Crippen LogP contribution in [0.1, 0.15) is 32.6 Å². The van der Waals surface area contributed by atoms with Crippen molar-refractivity contribution < 1.29 is 19.1 Å². The minimum Gasteiger partial charge on any atom is -0.466 e. The number of carbonyl (C=O) groups is 2. The van der Waals surface area contributed by atoms with Crippen LogP contribution in [-0.2, 0) is 19.1 Å². The number of nitrogens with one attached hydrogen (secondary N) is 1. The summed E-state index contributed by atoms with van der Waals surface area (Å²) < 4.78 is 10.4. The summed E-state index contributed by atoms with van der Waals surface area (Å²) >= 11 is 0. The highest BCUT2D eigenvalue weighted by Crippen LogP contribution is 2.17. The first-order valence-electron chi connectivity index (χ1n) is 7.95. The summed E-state index contributed by atoms with van der Waals surface area (Å²) in [5.74, 6) is -0.173. The number of rotatable bonds is 5. The molecule has 2 saturated heterocycles. The van der Waals surface area contributed by atoms with Gasteiger partial charge in [-0.1, -0.05) is 0 Å². The maximum atomic E-state index is 12.1. The van der Waals surface area contributed by atoms with Crippen LogP contribution in [0.15, 0.2) is 0 Å². The van der Waals surface area contributed by atoms with Crippen LogP contribution in [0.3, 0.4) is 0 Å². The van der Waals surface area contributed by atoms with Crippen molar-refractivity contribution in [3.8, 4) is 0 Å². The second-order valence-corrected chi connectivity index (χ2v) is 5.78. The Morgan fingerprint density at radius 1 is 1.29 bits per heavy atom. The van der Waals surface area contributed by atoms with Crippen LogP contribution in [0.4, 0.5) is 0 Å². The zero-order valence-corrected chi connectivity index (χ0v) is 12.8. The van der Waals surface area contributed by atoms with Crippen molar-refractivity contribution in [3.63, 3.8) is 0 Å². The van der Waals surface area contributed by atoms with Gasteiger partial charge >= 0.3 is 5.97 Å². The topological polar surface area (TPSA) is 67.9 Å². The van der Waals surface area contributed by atoms with Crippen LogP contribution >= 0.6 is 0 Å². The molecule has 120 valence electrons. The van der Waals surface area contributed by atoms with Crippen LogP contribution in [0.2, 0.25) is 0 Å². The van der Waals surface area contributed by atoms with Gasteiger partial charge in [0.05, 0.1) is 19.1 Å². The summed E-state index contributed by atoms with van der Waals surface area (Å²) in [5, 5.41) is 3.06. The Kier molecular flexibility index (Phi) is 6.45. The molecule has 2 heterocycles. The predicted octanol–water partition coefficient (Wildman–Crippen LogP) is 0.557. The number of hydrogen-bond acceptors (Lipinski definition) is 5. The Morgan fingerprint density at radius 3 is 2.76 bits per heavy atom.